The van der Waals surface area contributed by atoms with Crippen LogP contribution in [0.3, 0.4) is 0 Å². The Bertz CT molecular complexity index is 191. The third-order valence-corrected chi connectivity index (χ3v) is 2.23. The molecule has 0 aliphatic carbocycles. The second kappa shape index (κ2) is 4.09. The molecule has 0 saturated heterocycles. The molecular formula is C10H21N3. The zero-order valence-electron chi connectivity index (χ0n) is 9.22. The Kier molecular flexibility index (Phi) is 3.31. The molecular weight excluding hydrogens is 162 g/mol. The van der Waals surface area contributed by atoms with Crippen LogP contribution in [-0.2, 0) is 0 Å². The molecule has 0 unspecified atom stereocenters. The number of rotatable bonds is 3. The van der Waals surface area contributed by atoms with Gasteiger partial charge in [0, 0.05) is 25.0 Å². The number of aliphatic imine (C=N–C) groups is 1. The highest BCUT2D eigenvalue weighted by molar-refractivity contribution is 5.88. The summed E-state index contributed by atoms with van der Waals surface area (Å²) in [5.41, 5.74) is 0.199. The lowest BCUT2D eigenvalue weighted by Gasteiger charge is -2.29. The predicted octanol–water partition coefficient (Wildman–Crippen LogP) is 0.966. The summed E-state index contributed by atoms with van der Waals surface area (Å²) < 4.78 is 0. The lowest BCUT2D eigenvalue weighted by Crippen LogP contribution is -2.40. The molecule has 76 valence electrons. The number of hydrogen-bond donors (Lipinski definition) is 1. The van der Waals surface area contributed by atoms with Crippen molar-refractivity contribution in [3.05, 3.63) is 0 Å². The van der Waals surface area contributed by atoms with E-state index < -0.39 is 0 Å². The van der Waals surface area contributed by atoms with Gasteiger partial charge in [0.25, 0.3) is 0 Å². The molecule has 0 spiro atoms. The maximum Gasteiger partial charge on any atom is 0.104 e. The van der Waals surface area contributed by atoms with Crippen molar-refractivity contribution in [3.63, 3.8) is 0 Å². The normalized spacial score (nSPS) is 17.8. The Morgan fingerprint density at radius 1 is 1.46 bits per heavy atom. The zero-order valence-corrected chi connectivity index (χ0v) is 9.22. The van der Waals surface area contributed by atoms with Crippen LogP contribution >= 0.6 is 0 Å². The Morgan fingerprint density at radius 2 is 2.15 bits per heavy atom. The summed E-state index contributed by atoms with van der Waals surface area (Å²) >= 11 is 0. The van der Waals surface area contributed by atoms with Crippen LogP contribution in [0, 0.1) is 5.41 Å². The van der Waals surface area contributed by atoms with E-state index in [0.717, 1.165) is 26.2 Å². The summed E-state index contributed by atoms with van der Waals surface area (Å²) in [6.45, 7) is 10.9. The van der Waals surface area contributed by atoms with E-state index in [1.165, 1.54) is 5.84 Å². The van der Waals surface area contributed by atoms with E-state index in [-0.39, 0.29) is 5.41 Å². The molecule has 1 N–H and O–H groups in total. The van der Waals surface area contributed by atoms with Crippen molar-refractivity contribution in [3.8, 4) is 0 Å². The van der Waals surface area contributed by atoms with Crippen molar-refractivity contribution in [2.45, 2.75) is 20.8 Å². The average molecular weight is 183 g/mol. The first-order valence-electron chi connectivity index (χ1n) is 5.00. The first-order chi connectivity index (χ1) is 6.05. The van der Waals surface area contributed by atoms with Gasteiger partial charge in [-0.1, -0.05) is 20.8 Å². The Morgan fingerprint density at radius 3 is 2.69 bits per heavy atom. The van der Waals surface area contributed by atoms with Crippen LogP contribution in [0.5, 0.6) is 0 Å². The van der Waals surface area contributed by atoms with Gasteiger partial charge in [-0.3, -0.25) is 4.99 Å². The molecule has 3 nitrogen and oxygen atoms in total. The van der Waals surface area contributed by atoms with Gasteiger partial charge in [0.05, 0.1) is 6.54 Å². The van der Waals surface area contributed by atoms with Crippen LogP contribution in [0.2, 0.25) is 0 Å². The van der Waals surface area contributed by atoms with E-state index in [1.54, 1.807) is 0 Å². The summed E-state index contributed by atoms with van der Waals surface area (Å²) in [7, 11) is 1.99. The smallest absolute Gasteiger partial charge is 0.104 e. The molecule has 0 bridgehead atoms. The van der Waals surface area contributed by atoms with Crippen LogP contribution < -0.4 is 5.32 Å². The quantitative estimate of drug-likeness (QED) is 0.706. The first kappa shape index (κ1) is 10.5. The van der Waals surface area contributed by atoms with Gasteiger partial charge in [-0.25, -0.2) is 0 Å². The van der Waals surface area contributed by atoms with Gasteiger partial charge in [-0.15, -0.1) is 0 Å². The van der Waals surface area contributed by atoms with Crippen molar-refractivity contribution in [2.75, 3.05) is 33.2 Å². The molecule has 0 aromatic heterocycles. The van der Waals surface area contributed by atoms with E-state index in [1.807, 2.05) is 7.05 Å². The van der Waals surface area contributed by atoms with Gasteiger partial charge < -0.3 is 10.2 Å². The highest BCUT2D eigenvalue weighted by Gasteiger charge is 2.27. The van der Waals surface area contributed by atoms with E-state index in [2.05, 4.69) is 36.0 Å². The third-order valence-electron chi connectivity index (χ3n) is 2.23. The van der Waals surface area contributed by atoms with Gasteiger partial charge in [0.2, 0.25) is 0 Å². The van der Waals surface area contributed by atoms with Crippen LogP contribution in [-0.4, -0.2) is 44.0 Å². The Hall–Kier alpha value is -0.570. The molecule has 1 aliphatic rings. The summed E-state index contributed by atoms with van der Waals surface area (Å²) in [6.07, 6.45) is 0. The van der Waals surface area contributed by atoms with Gasteiger partial charge in [0.15, 0.2) is 0 Å². The van der Waals surface area contributed by atoms with Crippen molar-refractivity contribution in [2.24, 2.45) is 10.4 Å². The molecule has 1 aliphatic heterocycles. The number of nitrogens with zero attached hydrogens (tertiary/aromatic N) is 2. The summed E-state index contributed by atoms with van der Waals surface area (Å²) in [5, 5.41) is 3.17. The van der Waals surface area contributed by atoms with E-state index >= 15 is 0 Å². The number of amidine groups is 1. The van der Waals surface area contributed by atoms with E-state index in [4.69, 9.17) is 0 Å². The van der Waals surface area contributed by atoms with Crippen molar-refractivity contribution >= 4 is 5.84 Å². The predicted molar refractivity (Wildman–Crippen MR) is 57.3 cm³/mol. The average Bonchev–Trinajstić information content (AvgIpc) is 2.47. The minimum atomic E-state index is 0.199. The molecule has 1 rings (SSSR count). The van der Waals surface area contributed by atoms with Crippen LogP contribution in [0.25, 0.3) is 0 Å². The fourth-order valence-electron chi connectivity index (χ4n) is 1.66. The van der Waals surface area contributed by atoms with Crippen molar-refractivity contribution in [1.29, 1.82) is 0 Å². The fraction of sp³-hybridized carbons (Fsp3) is 0.900. The number of likely N-dealkylation sites (N-methyl/N-ethyl adjacent to an activating group) is 1. The Balaban J connectivity index is 2.53. The minimum absolute atomic E-state index is 0.199. The first-order valence-corrected chi connectivity index (χ1v) is 5.00. The summed E-state index contributed by atoms with van der Waals surface area (Å²) in [5.74, 6) is 1.27. The minimum Gasteiger partial charge on any atom is -0.357 e. The lowest BCUT2D eigenvalue weighted by atomic mass is 9.94. The molecule has 0 radical (unpaired) electrons. The largest absolute Gasteiger partial charge is 0.357 e. The molecule has 0 atom stereocenters. The lowest BCUT2D eigenvalue weighted by molar-refractivity contribution is 0.403. The SMILES string of the molecule is CNCCN1CCN=C1C(C)(C)C. The molecule has 0 aromatic rings. The molecule has 0 saturated carbocycles. The van der Waals surface area contributed by atoms with Gasteiger partial charge >= 0.3 is 0 Å². The highest BCUT2D eigenvalue weighted by Crippen LogP contribution is 2.21. The topological polar surface area (TPSA) is 27.6 Å². The van der Waals surface area contributed by atoms with Crippen molar-refractivity contribution < 1.29 is 0 Å². The van der Waals surface area contributed by atoms with Crippen LogP contribution in [0.15, 0.2) is 4.99 Å². The molecule has 3 heteroatoms. The maximum absolute atomic E-state index is 4.56. The fourth-order valence-corrected chi connectivity index (χ4v) is 1.66. The molecule has 0 aromatic carbocycles. The van der Waals surface area contributed by atoms with Gasteiger partial charge in [0.1, 0.15) is 5.84 Å². The van der Waals surface area contributed by atoms with Gasteiger partial charge in [-0.05, 0) is 7.05 Å². The number of hydrogen-bond acceptors (Lipinski definition) is 3. The molecule has 13 heavy (non-hydrogen) atoms. The highest BCUT2D eigenvalue weighted by atomic mass is 15.2. The van der Waals surface area contributed by atoms with E-state index in [9.17, 15) is 0 Å². The second-order valence-electron chi connectivity index (χ2n) is 4.55. The molecule has 1 heterocycles. The third kappa shape index (κ3) is 2.69. The van der Waals surface area contributed by atoms with Crippen LogP contribution in [0.1, 0.15) is 20.8 Å². The zero-order chi connectivity index (χ0) is 9.90. The standard InChI is InChI=1S/C10H21N3/c1-10(2,3)9-12-6-8-13(9)7-5-11-4/h11H,5-8H2,1-4H3. The van der Waals surface area contributed by atoms with Gasteiger partial charge in [-0.2, -0.15) is 0 Å². The van der Waals surface area contributed by atoms with Crippen LogP contribution in [0.4, 0.5) is 0 Å². The molecule has 0 amide bonds. The van der Waals surface area contributed by atoms with E-state index in [0.29, 0.717) is 0 Å². The number of nitrogens with one attached hydrogen (secondary N) is 1. The summed E-state index contributed by atoms with van der Waals surface area (Å²) in [4.78, 5) is 6.94. The maximum atomic E-state index is 4.56. The monoisotopic (exact) mass is 183 g/mol. The summed E-state index contributed by atoms with van der Waals surface area (Å²) in [6, 6.07) is 0. The second-order valence-corrected chi connectivity index (χ2v) is 4.55. The Labute approximate surface area is 81.2 Å². The van der Waals surface area contributed by atoms with Crippen molar-refractivity contribution in [1.82, 2.24) is 10.2 Å². The molecule has 0 fully saturated rings.